The largest absolute Gasteiger partial charge is 0.266 e. The second-order valence-corrected chi connectivity index (χ2v) is 5.81. The van der Waals surface area contributed by atoms with Gasteiger partial charge in [0, 0.05) is 11.1 Å². The molecule has 0 radical (unpaired) electrons. The number of aromatic nitrogens is 3. The molecule has 2 aromatic heterocycles. The maximum absolute atomic E-state index is 11.7. The zero-order chi connectivity index (χ0) is 11.6. The SMILES string of the molecule is Cc1csc(CNS(=O)(=O)c2ccn[nH]2)n1. The van der Waals surface area contributed by atoms with Gasteiger partial charge in [-0.15, -0.1) is 11.3 Å². The number of hydrogen-bond acceptors (Lipinski definition) is 5. The summed E-state index contributed by atoms with van der Waals surface area (Å²) in [4.78, 5) is 4.16. The monoisotopic (exact) mass is 258 g/mol. The molecule has 0 aliphatic heterocycles. The van der Waals surface area contributed by atoms with Crippen LogP contribution in [0.1, 0.15) is 10.7 Å². The molecule has 0 atom stereocenters. The summed E-state index contributed by atoms with van der Waals surface area (Å²) in [6.45, 7) is 2.06. The third-order valence-corrected chi connectivity index (χ3v) is 4.14. The number of sulfonamides is 1. The smallest absolute Gasteiger partial charge is 0.257 e. The lowest BCUT2D eigenvalue weighted by Gasteiger charge is -2.01. The summed E-state index contributed by atoms with van der Waals surface area (Å²) in [5, 5.41) is 8.66. The zero-order valence-corrected chi connectivity index (χ0v) is 10.1. The summed E-state index contributed by atoms with van der Waals surface area (Å²) in [5.41, 5.74) is 0.890. The fraction of sp³-hybridized carbons (Fsp3) is 0.250. The van der Waals surface area contributed by atoms with Crippen molar-refractivity contribution in [1.29, 1.82) is 0 Å². The molecule has 0 amide bonds. The number of aryl methyl sites for hydroxylation is 1. The molecule has 0 aromatic carbocycles. The van der Waals surface area contributed by atoms with Gasteiger partial charge >= 0.3 is 0 Å². The quantitative estimate of drug-likeness (QED) is 0.843. The van der Waals surface area contributed by atoms with Crippen LogP contribution in [0.4, 0.5) is 0 Å². The number of nitrogens with one attached hydrogen (secondary N) is 2. The van der Waals surface area contributed by atoms with Gasteiger partial charge in [0.15, 0.2) is 5.03 Å². The summed E-state index contributed by atoms with van der Waals surface area (Å²) < 4.78 is 25.8. The average molecular weight is 258 g/mol. The van der Waals surface area contributed by atoms with Gasteiger partial charge in [0.25, 0.3) is 10.0 Å². The number of rotatable bonds is 4. The molecular formula is C8H10N4O2S2. The first-order valence-electron chi connectivity index (χ1n) is 4.48. The Bertz CT molecular complexity index is 559. The Morgan fingerprint density at radius 2 is 2.38 bits per heavy atom. The topological polar surface area (TPSA) is 87.7 Å². The van der Waals surface area contributed by atoms with Gasteiger partial charge in [0.05, 0.1) is 12.7 Å². The predicted octanol–water partition coefficient (Wildman–Crippen LogP) is 0.653. The number of thiazole rings is 1. The van der Waals surface area contributed by atoms with Gasteiger partial charge in [-0.2, -0.15) is 5.10 Å². The zero-order valence-electron chi connectivity index (χ0n) is 8.47. The lowest BCUT2D eigenvalue weighted by molar-refractivity contribution is 0.576. The van der Waals surface area contributed by atoms with Crippen molar-refractivity contribution in [2.45, 2.75) is 18.5 Å². The van der Waals surface area contributed by atoms with Crippen molar-refractivity contribution in [1.82, 2.24) is 19.9 Å². The van der Waals surface area contributed by atoms with E-state index in [1.165, 1.54) is 23.6 Å². The minimum absolute atomic E-state index is 0.0563. The molecular weight excluding hydrogens is 248 g/mol. The second kappa shape index (κ2) is 4.32. The maximum atomic E-state index is 11.7. The summed E-state index contributed by atoms with van der Waals surface area (Å²) in [6, 6.07) is 1.40. The Morgan fingerprint density at radius 3 is 2.94 bits per heavy atom. The van der Waals surface area contributed by atoms with Gasteiger partial charge in [-0.05, 0) is 13.0 Å². The van der Waals surface area contributed by atoms with E-state index in [1.54, 1.807) is 0 Å². The Labute approximate surface area is 96.8 Å². The van der Waals surface area contributed by atoms with Gasteiger partial charge in [0.1, 0.15) is 5.01 Å². The van der Waals surface area contributed by atoms with Crippen molar-refractivity contribution in [3.8, 4) is 0 Å². The van der Waals surface area contributed by atoms with Crippen LogP contribution in [-0.4, -0.2) is 23.6 Å². The molecule has 0 aliphatic carbocycles. The van der Waals surface area contributed by atoms with Crippen molar-refractivity contribution < 1.29 is 8.42 Å². The maximum Gasteiger partial charge on any atom is 0.257 e. The Kier molecular flexibility index (Phi) is 3.03. The number of H-pyrrole nitrogens is 1. The first kappa shape index (κ1) is 11.2. The molecule has 16 heavy (non-hydrogen) atoms. The molecule has 8 heteroatoms. The van der Waals surface area contributed by atoms with Crippen LogP contribution in [0.25, 0.3) is 0 Å². The van der Waals surface area contributed by atoms with E-state index in [0.29, 0.717) is 0 Å². The minimum Gasteiger partial charge on any atom is -0.266 e. The number of hydrogen-bond donors (Lipinski definition) is 2. The molecule has 2 heterocycles. The molecule has 0 saturated heterocycles. The van der Waals surface area contributed by atoms with Gasteiger partial charge in [-0.3, -0.25) is 5.10 Å². The molecule has 2 aromatic rings. The highest BCUT2D eigenvalue weighted by Gasteiger charge is 2.15. The fourth-order valence-electron chi connectivity index (χ4n) is 1.11. The van der Waals surface area contributed by atoms with E-state index in [4.69, 9.17) is 0 Å². The average Bonchev–Trinajstić information content (AvgIpc) is 2.85. The molecule has 0 fully saturated rings. The first-order valence-corrected chi connectivity index (χ1v) is 6.84. The van der Waals surface area contributed by atoms with Crippen LogP contribution in [0.2, 0.25) is 0 Å². The molecule has 6 nitrogen and oxygen atoms in total. The highest BCUT2D eigenvalue weighted by Crippen LogP contribution is 2.10. The van der Waals surface area contributed by atoms with E-state index in [9.17, 15) is 8.42 Å². The highest BCUT2D eigenvalue weighted by atomic mass is 32.2. The van der Waals surface area contributed by atoms with Crippen LogP contribution < -0.4 is 4.72 Å². The predicted molar refractivity (Wildman–Crippen MR) is 59.5 cm³/mol. The second-order valence-electron chi connectivity index (χ2n) is 3.13. The van der Waals surface area contributed by atoms with E-state index < -0.39 is 10.0 Å². The van der Waals surface area contributed by atoms with Crippen LogP contribution in [0.3, 0.4) is 0 Å². The van der Waals surface area contributed by atoms with Gasteiger partial charge in [-0.25, -0.2) is 18.1 Å². The third kappa shape index (κ3) is 2.46. The number of nitrogens with zero attached hydrogens (tertiary/aromatic N) is 2. The van der Waals surface area contributed by atoms with Crippen molar-refractivity contribution in [2.24, 2.45) is 0 Å². The van der Waals surface area contributed by atoms with Crippen molar-refractivity contribution in [3.05, 3.63) is 28.3 Å². The van der Waals surface area contributed by atoms with Crippen molar-refractivity contribution in [2.75, 3.05) is 0 Å². The van der Waals surface area contributed by atoms with Gasteiger partial charge in [-0.1, -0.05) is 0 Å². The standard InChI is InChI=1S/C8H10N4O2S2/c1-6-5-15-7(11-6)4-10-16(13,14)8-2-3-9-12-8/h2-3,5,10H,4H2,1H3,(H,9,12). The first-order chi connectivity index (χ1) is 7.58. The molecule has 0 saturated carbocycles. The van der Waals surface area contributed by atoms with Gasteiger partial charge < -0.3 is 0 Å². The van der Waals surface area contributed by atoms with E-state index in [-0.39, 0.29) is 11.6 Å². The molecule has 0 bridgehead atoms. The van der Waals surface area contributed by atoms with E-state index in [0.717, 1.165) is 10.7 Å². The fourth-order valence-corrected chi connectivity index (χ4v) is 2.81. The lowest BCUT2D eigenvalue weighted by atomic mass is 10.6. The van der Waals surface area contributed by atoms with E-state index in [2.05, 4.69) is 19.9 Å². The summed E-state index contributed by atoms with van der Waals surface area (Å²) in [7, 11) is -3.51. The van der Waals surface area contributed by atoms with Crippen LogP contribution >= 0.6 is 11.3 Å². The van der Waals surface area contributed by atoms with Crippen molar-refractivity contribution in [3.63, 3.8) is 0 Å². The van der Waals surface area contributed by atoms with Gasteiger partial charge in [0.2, 0.25) is 0 Å². The summed E-state index contributed by atoms with van der Waals surface area (Å²) in [6.07, 6.45) is 1.39. The van der Waals surface area contributed by atoms with E-state index in [1.807, 2.05) is 12.3 Å². The van der Waals surface area contributed by atoms with Crippen LogP contribution in [0, 0.1) is 6.92 Å². The normalized spacial score (nSPS) is 11.8. The number of aromatic amines is 1. The Balaban J connectivity index is 2.06. The van der Waals surface area contributed by atoms with Crippen LogP contribution in [0.15, 0.2) is 22.7 Å². The molecule has 0 spiro atoms. The minimum atomic E-state index is -3.51. The molecule has 86 valence electrons. The Morgan fingerprint density at radius 1 is 1.56 bits per heavy atom. The summed E-state index contributed by atoms with van der Waals surface area (Å²) >= 11 is 1.42. The Hall–Kier alpha value is -1.25. The third-order valence-electron chi connectivity index (χ3n) is 1.84. The van der Waals surface area contributed by atoms with Crippen LogP contribution in [0.5, 0.6) is 0 Å². The van der Waals surface area contributed by atoms with E-state index >= 15 is 0 Å². The highest BCUT2D eigenvalue weighted by molar-refractivity contribution is 7.89. The van der Waals surface area contributed by atoms with Crippen LogP contribution in [-0.2, 0) is 16.6 Å². The molecule has 2 N–H and O–H groups in total. The van der Waals surface area contributed by atoms with Crippen molar-refractivity contribution >= 4 is 21.4 Å². The molecule has 0 unspecified atom stereocenters. The molecule has 2 rings (SSSR count). The lowest BCUT2D eigenvalue weighted by Crippen LogP contribution is -2.23. The summed E-state index contributed by atoms with van der Waals surface area (Å²) in [5.74, 6) is 0. The molecule has 0 aliphatic rings.